The number of hydrazone groups is 1. The molecule has 8 nitrogen and oxygen atoms in total. The van der Waals surface area contributed by atoms with Gasteiger partial charge in [0, 0.05) is 11.1 Å². The summed E-state index contributed by atoms with van der Waals surface area (Å²) in [5.41, 5.74) is 3.56. The van der Waals surface area contributed by atoms with Crippen LogP contribution in [0.2, 0.25) is 0 Å². The fourth-order valence-corrected chi connectivity index (χ4v) is 3.20. The van der Waals surface area contributed by atoms with Crippen molar-refractivity contribution >= 4 is 28.8 Å². The van der Waals surface area contributed by atoms with Crippen molar-refractivity contribution in [2.45, 2.75) is 13.3 Å². The molecule has 0 atom stereocenters. The van der Waals surface area contributed by atoms with E-state index in [4.69, 9.17) is 14.2 Å². The van der Waals surface area contributed by atoms with E-state index in [1.165, 1.54) is 14.2 Å². The Labute approximate surface area is 192 Å². The van der Waals surface area contributed by atoms with Crippen molar-refractivity contribution in [2.75, 3.05) is 27.4 Å². The summed E-state index contributed by atoms with van der Waals surface area (Å²) < 4.78 is 16.2. The lowest BCUT2D eigenvalue weighted by molar-refractivity contribution is -0.120. The summed E-state index contributed by atoms with van der Waals surface area (Å²) in [5.74, 6) is 0.748. The van der Waals surface area contributed by atoms with Crippen LogP contribution in [-0.4, -0.2) is 45.4 Å². The topological polar surface area (TPSA) is 98.2 Å². The molecule has 0 aliphatic carbocycles. The van der Waals surface area contributed by atoms with Crippen LogP contribution in [0.5, 0.6) is 17.2 Å². The number of carbonyl (C=O) groups is 2. The molecule has 3 rings (SSSR count). The molecule has 0 aliphatic heterocycles. The van der Waals surface area contributed by atoms with Crippen LogP contribution in [0.1, 0.15) is 29.3 Å². The number of amides is 2. The molecule has 0 aliphatic rings. The van der Waals surface area contributed by atoms with Crippen molar-refractivity contribution in [1.29, 1.82) is 0 Å². The Morgan fingerprint density at radius 1 is 0.970 bits per heavy atom. The molecule has 0 fully saturated rings. The van der Waals surface area contributed by atoms with Crippen molar-refractivity contribution in [1.82, 2.24) is 10.7 Å². The van der Waals surface area contributed by atoms with E-state index in [1.807, 2.05) is 43.3 Å². The fraction of sp³-hybridized carbons (Fsp3) is 0.240. The molecule has 2 amide bonds. The lowest BCUT2D eigenvalue weighted by Crippen LogP contribution is -2.34. The van der Waals surface area contributed by atoms with Crippen molar-refractivity contribution in [3.63, 3.8) is 0 Å². The summed E-state index contributed by atoms with van der Waals surface area (Å²) in [4.78, 5) is 24.6. The molecule has 0 saturated heterocycles. The molecule has 172 valence electrons. The van der Waals surface area contributed by atoms with Gasteiger partial charge in [0.1, 0.15) is 5.75 Å². The van der Waals surface area contributed by atoms with E-state index in [2.05, 4.69) is 15.8 Å². The van der Waals surface area contributed by atoms with E-state index in [1.54, 1.807) is 24.4 Å². The number of ether oxygens (including phenoxy) is 3. The predicted molar refractivity (Wildman–Crippen MR) is 127 cm³/mol. The molecule has 0 radical (unpaired) electrons. The quantitative estimate of drug-likeness (QED) is 0.365. The number of benzene rings is 3. The molecule has 3 aromatic carbocycles. The van der Waals surface area contributed by atoms with Gasteiger partial charge in [-0.15, -0.1) is 0 Å². The van der Waals surface area contributed by atoms with Crippen LogP contribution in [0.15, 0.2) is 59.7 Å². The molecule has 2 N–H and O–H groups in total. The third kappa shape index (κ3) is 6.00. The Hall–Kier alpha value is -4.07. The summed E-state index contributed by atoms with van der Waals surface area (Å²) in [7, 11) is 3.00. The number of nitrogens with zero attached hydrogens (tertiary/aromatic N) is 1. The van der Waals surface area contributed by atoms with E-state index in [0.717, 1.165) is 22.8 Å². The second-order valence-corrected chi connectivity index (χ2v) is 7.09. The third-order valence-corrected chi connectivity index (χ3v) is 4.83. The number of rotatable bonds is 10. The maximum Gasteiger partial charge on any atom is 0.259 e. The van der Waals surface area contributed by atoms with Gasteiger partial charge in [0.05, 0.1) is 33.6 Å². The van der Waals surface area contributed by atoms with E-state index in [9.17, 15) is 9.59 Å². The van der Waals surface area contributed by atoms with Gasteiger partial charge in [-0.2, -0.15) is 5.10 Å². The normalized spacial score (nSPS) is 10.8. The van der Waals surface area contributed by atoms with Crippen molar-refractivity contribution in [2.24, 2.45) is 5.10 Å². The Morgan fingerprint density at radius 3 is 2.48 bits per heavy atom. The second kappa shape index (κ2) is 11.5. The van der Waals surface area contributed by atoms with Crippen LogP contribution >= 0.6 is 0 Å². The lowest BCUT2D eigenvalue weighted by Gasteiger charge is -2.11. The van der Waals surface area contributed by atoms with E-state index in [-0.39, 0.29) is 6.54 Å². The van der Waals surface area contributed by atoms with Crippen LogP contribution in [0.25, 0.3) is 10.8 Å². The molecule has 0 spiro atoms. The number of nitrogens with one attached hydrogen (secondary N) is 2. The molecular formula is C25H27N3O5. The molecule has 0 unspecified atom stereocenters. The molecule has 0 saturated carbocycles. The monoisotopic (exact) mass is 449 g/mol. The van der Waals surface area contributed by atoms with Gasteiger partial charge in [0.15, 0.2) is 11.5 Å². The maximum atomic E-state index is 12.4. The summed E-state index contributed by atoms with van der Waals surface area (Å²) >= 11 is 0. The van der Waals surface area contributed by atoms with Crippen LogP contribution in [-0.2, 0) is 4.79 Å². The molecule has 33 heavy (non-hydrogen) atoms. The van der Waals surface area contributed by atoms with Gasteiger partial charge in [0.25, 0.3) is 11.8 Å². The van der Waals surface area contributed by atoms with E-state index in [0.29, 0.717) is 29.4 Å². The molecule has 8 heteroatoms. The van der Waals surface area contributed by atoms with Crippen molar-refractivity contribution in [3.8, 4) is 17.2 Å². The van der Waals surface area contributed by atoms with Crippen molar-refractivity contribution in [3.05, 3.63) is 65.7 Å². The zero-order valence-corrected chi connectivity index (χ0v) is 18.9. The molecular weight excluding hydrogens is 422 g/mol. The standard InChI is InChI=1S/C25H27N3O5/c1-4-13-33-21-11-9-17-7-5-6-8-19(17)20(21)15-27-28-24(29)16-26-25(30)18-10-12-22(31-2)23(14-18)32-3/h5-12,14-15H,4,13,16H2,1-3H3,(H,26,30)(H,28,29)/b27-15-. The van der Waals surface area contributed by atoms with Crippen molar-refractivity contribution < 1.29 is 23.8 Å². The zero-order valence-electron chi connectivity index (χ0n) is 18.9. The van der Waals surface area contributed by atoms with Gasteiger partial charge in [-0.25, -0.2) is 5.43 Å². The minimum absolute atomic E-state index is 0.237. The number of hydrogen-bond donors (Lipinski definition) is 2. The zero-order chi connectivity index (χ0) is 23.6. The highest BCUT2D eigenvalue weighted by atomic mass is 16.5. The minimum atomic E-state index is -0.462. The first kappa shape index (κ1) is 23.6. The lowest BCUT2D eigenvalue weighted by atomic mass is 10.0. The Morgan fingerprint density at radius 2 is 1.73 bits per heavy atom. The highest BCUT2D eigenvalue weighted by molar-refractivity contribution is 6.03. The largest absolute Gasteiger partial charge is 0.493 e. The molecule has 0 aromatic heterocycles. The van der Waals surface area contributed by atoms with E-state index < -0.39 is 11.8 Å². The Balaban J connectivity index is 1.63. The van der Waals surface area contributed by atoms with Crippen LogP contribution in [0.3, 0.4) is 0 Å². The maximum absolute atomic E-state index is 12.4. The summed E-state index contributed by atoms with van der Waals surface area (Å²) in [6, 6.07) is 16.5. The van der Waals surface area contributed by atoms with Crippen LogP contribution in [0, 0.1) is 0 Å². The number of carbonyl (C=O) groups excluding carboxylic acids is 2. The number of methoxy groups -OCH3 is 2. The average molecular weight is 450 g/mol. The number of fused-ring (bicyclic) bond motifs is 1. The summed E-state index contributed by atoms with van der Waals surface area (Å²) in [6.45, 7) is 2.37. The van der Waals surface area contributed by atoms with Gasteiger partial charge >= 0.3 is 0 Å². The Kier molecular flexibility index (Phi) is 8.24. The van der Waals surface area contributed by atoms with Crippen LogP contribution < -0.4 is 25.0 Å². The Bertz CT molecular complexity index is 1160. The van der Waals surface area contributed by atoms with Gasteiger partial charge in [-0.3, -0.25) is 9.59 Å². The average Bonchev–Trinajstić information content (AvgIpc) is 2.86. The van der Waals surface area contributed by atoms with Gasteiger partial charge < -0.3 is 19.5 Å². The third-order valence-electron chi connectivity index (χ3n) is 4.83. The highest BCUT2D eigenvalue weighted by Crippen LogP contribution is 2.28. The second-order valence-electron chi connectivity index (χ2n) is 7.09. The molecule has 3 aromatic rings. The summed E-state index contributed by atoms with van der Waals surface area (Å²) in [5, 5.41) is 8.63. The predicted octanol–water partition coefficient (Wildman–Crippen LogP) is 3.53. The molecule has 0 heterocycles. The fourth-order valence-electron chi connectivity index (χ4n) is 3.20. The highest BCUT2D eigenvalue weighted by Gasteiger charge is 2.12. The smallest absolute Gasteiger partial charge is 0.259 e. The van der Waals surface area contributed by atoms with Crippen LogP contribution in [0.4, 0.5) is 0 Å². The first-order valence-electron chi connectivity index (χ1n) is 10.5. The first-order valence-corrected chi connectivity index (χ1v) is 10.5. The SMILES string of the molecule is CCCOc1ccc2ccccc2c1/C=N\NC(=O)CNC(=O)c1ccc(OC)c(OC)c1. The summed E-state index contributed by atoms with van der Waals surface area (Å²) in [6.07, 6.45) is 2.43. The minimum Gasteiger partial charge on any atom is -0.493 e. The van der Waals surface area contributed by atoms with Gasteiger partial charge in [0.2, 0.25) is 0 Å². The van der Waals surface area contributed by atoms with Gasteiger partial charge in [-0.05, 0) is 41.5 Å². The van der Waals surface area contributed by atoms with E-state index >= 15 is 0 Å². The number of hydrogen-bond acceptors (Lipinski definition) is 6. The van der Waals surface area contributed by atoms with Gasteiger partial charge in [-0.1, -0.05) is 37.3 Å². The molecule has 0 bridgehead atoms. The first-order chi connectivity index (χ1) is 16.1.